The van der Waals surface area contributed by atoms with E-state index in [1.165, 1.54) is 0 Å². The predicted octanol–water partition coefficient (Wildman–Crippen LogP) is 1.63. The van der Waals surface area contributed by atoms with Crippen LogP contribution in [0, 0.1) is 0 Å². The fourth-order valence-electron chi connectivity index (χ4n) is 1.51. The van der Waals surface area contributed by atoms with Crippen LogP contribution in [0.2, 0.25) is 0 Å². The zero-order chi connectivity index (χ0) is 19.1. The minimum absolute atomic E-state index is 0.555. The van der Waals surface area contributed by atoms with E-state index in [0.717, 1.165) is 31.1 Å². The summed E-state index contributed by atoms with van der Waals surface area (Å²) in [5.74, 6) is -1.98. The van der Waals surface area contributed by atoms with Crippen LogP contribution in [0.4, 0.5) is 0 Å². The number of hydrogen-bond donors (Lipinski definition) is 3. The van der Waals surface area contributed by atoms with Gasteiger partial charge in [-0.15, -0.1) is 0 Å². The second-order valence-corrected chi connectivity index (χ2v) is 5.01. The first-order valence-corrected chi connectivity index (χ1v) is 7.94. The molecule has 8 nitrogen and oxygen atoms in total. The Morgan fingerprint density at radius 2 is 1.60 bits per heavy atom. The molecule has 0 heterocycles. The monoisotopic (exact) mass is 357 g/mol. The van der Waals surface area contributed by atoms with Crippen LogP contribution in [-0.2, 0) is 14.3 Å². The molecule has 0 saturated carbocycles. The van der Waals surface area contributed by atoms with Crippen molar-refractivity contribution in [3.8, 4) is 11.5 Å². The smallest absolute Gasteiger partial charge is 0.414 e. The van der Waals surface area contributed by atoms with Gasteiger partial charge in [0.1, 0.15) is 18.1 Å². The van der Waals surface area contributed by atoms with E-state index < -0.39 is 11.9 Å². The van der Waals surface area contributed by atoms with E-state index >= 15 is 0 Å². The Balaban J connectivity index is 0.000000823. The Morgan fingerprint density at radius 1 is 1.04 bits per heavy atom. The SMILES string of the molecule is CCC(C)NCCOCCOc1ccc(OC)cc1.O=C(O)C(=O)O. The molecule has 0 aliphatic rings. The minimum atomic E-state index is -1.82. The van der Waals surface area contributed by atoms with E-state index in [-0.39, 0.29) is 0 Å². The molecule has 142 valence electrons. The van der Waals surface area contributed by atoms with Crippen molar-refractivity contribution in [3.05, 3.63) is 24.3 Å². The summed E-state index contributed by atoms with van der Waals surface area (Å²) >= 11 is 0. The molecule has 0 aliphatic heterocycles. The fraction of sp³-hybridized carbons (Fsp3) is 0.529. The van der Waals surface area contributed by atoms with E-state index in [2.05, 4.69) is 19.2 Å². The number of methoxy groups -OCH3 is 1. The number of rotatable bonds is 10. The molecule has 8 heteroatoms. The molecule has 0 bridgehead atoms. The molecule has 0 spiro atoms. The van der Waals surface area contributed by atoms with Gasteiger partial charge in [-0.25, -0.2) is 9.59 Å². The Hall–Kier alpha value is -2.32. The van der Waals surface area contributed by atoms with E-state index in [9.17, 15) is 0 Å². The van der Waals surface area contributed by atoms with Gasteiger partial charge in [0, 0.05) is 12.6 Å². The molecule has 0 aromatic heterocycles. The summed E-state index contributed by atoms with van der Waals surface area (Å²) in [7, 11) is 1.65. The average Bonchev–Trinajstić information content (AvgIpc) is 2.61. The molecule has 0 amide bonds. The van der Waals surface area contributed by atoms with Crippen molar-refractivity contribution < 1.29 is 34.0 Å². The van der Waals surface area contributed by atoms with Gasteiger partial charge < -0.3 is 29.7 Å². The molecular formula is C17H27NO7. The number of nitrogens with one attached hydrogen (secondary N) is 1. The van der Waals surface area contributed by atoms with Crippen molar-refractivity contribution in [3.63, 3.8) is 0 Å². The largest absolute Gasteiger partial charge is 0.497 e. The number of carboxylic acid groups (broad SMARTS) is 2. The summed E-state index contributed by atoms with van der Waals surface area (Å²) in [6.07, 6.45) is 1.14. The third kappa shape index (κ3) is 12.7. The van der Waals surface area contributed by atoms with E-state index in [1.807, 2.05) is 24.3 Å². The lowest BCUT2D eigenvalue weighted by atomic mass is 10.3. The van der Waals surface area contributed by atoms with Crippen molar-refractivity contribution >= 4 is 11.9 Å². The summed E-state index contributed by atoms with van der Waals surface area (Å²) < 4.78 is 16.1. The summed E-state index contributed by atoms with van der Waals surface area (Å²) in [5, 5.41) is 18.2. The topological polar surface area (TPSA) is 114 Å². The van der Waals surface area contributed by atoms with Gasteiger partial charge in [-0.2, -0.15) is 0 Å². The van der Waals surface area contributed by atoms with Crippen molar-refractivity contribution in [2.75, 3.05) is 33.5 Å². The van der Waals surface area contributed by atoms with Crippen molar-refractivity contribution in [1.82, 2.24) is 5.32 Å². The highest BCUT2D eigenvalue weighted by atomic mass is 16.5. The molecule has 0 saturated heterocycles. The minimum Gasteiger partial charge on any atom is -0.497 e. The molecular weight excluding hydrogens is 330 g/mol. The summed E-state index contributed by atoms with van der Waals surface area (Å²) in [5.41, 5.74) is 0. The van der Waals surface area contributed by atoms with Gasteiger partial charge in [-0.05, 0) is 37.6 Å². The molecule has 1 unspecified atom stereocenters. The van der Waals surface area contributed by atoms with Crippen LogP contribution in [0.15, 0.2) is 24.3 Å². The van der Waals surface area contributed by atoms with Gasteiger partial charge in [0.05, 0.1) is 20.3 Å². The molecule has 1 aromatic rings. The van der Waals surface area contributed by atoms with Crippen LogP contribution in [0.1, 0.15) is 20.3 Å². The third-order valence-corrected chi connectivity index (χ3v) is 3.09. The second-order valence-electron chi connectivity index (χ2n) is 5.01. The highest BCUT2D eigenvalue weighted by Gasteiger charge is 2.04. The molecule has 0 radical (unpaired) electrons. The highest BCUT2D eigenvalue weighted by Crippen LogP contribution is 2.16. The molecule has 1 aromatic carbocycles. The lowest BCUT2D eigenvalue weighted by Gasteiger charge is -2.11. The van der Waals surface area contributed by atoms with Gasteiger partial charge in [0.25, 0.3) is 0 Å². The number of hydrogen-bond acceptors (Lipinski definition) is 6. The first-order chi connectivity index (χ1) is 11.9. The lowest BCUT2D eigenvalue weighted by Crippen LogP contribution is -2.29. The quantitative estimate of drug-likeness (QED) is 0.428. The lowest BCUT2D eigenvalue weighted by molar-refractivity contribution is -0.159. The third-order valence-electron chi connectivity index (χ3n) is 3.09. The van der Waals surface area contributed by atoms with Gasteiger partial charge >= 0.3 is 11.9 Å². The summed E-state index contributed by atoms with van der Waals surface area (Å²) in [6.45, 7) is 7.12. The molecule has 25 heavy (non-hydrogen) atoms. The maximum Gasteiger partial charge on any atom is 0.414 e. The Kier molecular flexibility index (Phi) is 12.8. The number of ether oxygens (including phenoxy) is 3. The molecule has 0 fully saturated rings. The first-order valence-electron chi connectivity index (χ1n) is 7.94. The second kappa shape index (κ2) is 14.1. The van der Waals surface area contributed by atoms with Gasteiger partial charge in [-0.3, -0.25) is 0 Å². The van der Waals surface area contributed by atoms with E-state index in [1.54, 1.807) is 7.11 Å². The Labute approximate surface area is 147 Å². The number of benzene rings is 1. The molecule has 3 N–H and O–H groups in total. The van der Waals surface area contributed by atoms with Crippen LogP contribution in [0.3, 0.4) is 0 Å². The van der Waals surface area contributed by atoms with E-state index in [0.29, 0.717) is 19.3 Å². The van der Waals surface area contributed by atoms with Gasteiger partial charge in [0.2, 0.25) is 0 Å². The van der Waals surface area contributed by atoms with Crippen LogP contribution >= 0.6 is 0 Å². The van der Waals surface area contributed by atoms with Crippen LogP contribution in [0.5, 0.6) is 11.5 Å². The highest BCUT2D eigenvalue weighted by molar-refractivity contribution is 6.27. The van der Waals surface area contributed by atoms with Gasteiger partial charge in [-0.1, -0.05) is 6.92 Å². The number of aliphatic carboxylic acids is 2. The summed E-state index contributed by atoms with van der Waals surface area (Å²) in [4.78, 5) is 18.2. The zero-order valence-electron chi connectivity index (χ0n) is 14.9. The number of carboxylic acids is 2. The van der Waals surface area contributed by atoms with Crippen molar-refractivity contribution in [1.29, 1.82) is 0 Å². The zero-order valence-corrected chi connectivity index (χ0v) is 14.9. The maximum atomic E-state index is 9.10. The average molecular weight is 357 g/mol. The van der Waals surface area contributed by atoms with Crippen LogP contribution in [0.25, 0.3) is 0 Å². The van der Waals surface area contributed by atoms with Crippen molar-refractivity contribution in [2.24, 2.45) is 0 Å². The molecule has 1 rings (SSSR count). The summed E-state index contributed by atoms with van der Waals surface area (Å²) in [6, 6.07) is 8.10. The first kappa shape index (κ1) is 22.7. The fourth-order valence-corrected chi connectivity index (χ4v) is 1.51. The normalized spacial score (nSPS) is 11.0. The van der Waals surface area contributed by atoms with E-state index in [4.69, 9.17) is 34.0 Å². The predicted molar refractivity (Wildman–Crippen MR) is 92.3 cm³/mol. The standard InChI is InChI=1S/C15H25NO3.C2H2O4/c1-4-13(2)16-9-10-18-11-12-19-15-7-5-14(17-3)6-8-15;3-1(4)2(5)6/h5-8,13,16H,4,9-12H2,1-3H3;(H,3,4)(H,5,6). The van der Waals surface area contributed by atoms with Crippen LogP contribution < -0.4 is 14.8 Å². The van der Waals surface area contributed by atoms with Gasteiger partial charge in [0.15, 0.2) is 0 Å². The Bertz CT molecular complexity index is 478. The Morgan fingerprint density at radius 3 is 2.08 bits per heavy atom. The molecule has 0 aliphatic carbocycles. The van der Waals surface area contributed by atoms with Crippen LogP contribution in [-0.4, -0.2) is 61.7 Å². The molecule has 1 atom stereocenters. The number of carbonyl (C=O) groups is 2. The van der Waals surface area contributed by atoms with Crippen molar-refractivity contribution in [2.45, 2.75) is 26.3 Å². The maximum absolute atomic E-state index is 9.10.